The number of nitrogens with zero attached hydrogens (tertiary/aromatic N) is 1. The zero-order valence-electron chi connectivity index (χ0n) is 17.2. The van der Waals surface area contributed by atoms with Gasteiger partial charge in [-0.1, -0.05) is 24.1 Å². The van der Waals surface area contributed by atoms with E-state index in [1.165, 1.54) is 29.6 Å². The average Bonchev–Trinajstić information content (AvgIpc) is 2.74. The van der Waals surface area contributed by atoms with Crippen LogP contribution in [-0.4, -0.2) is 38.3 Å². The lowest BCUT2D eigenvalue weighted by molar-refractivity contribution is 0.0962. The fourth-order valence-corrected chi connectivity index (χ4v) is 5.51. The number of hydrogen-bond donors (Lipinski definition) is 2. The predicted octanol–water partition coefficient (Wildman–Crippen LogP) is 3.98. The Kier molecular flexibility index (Phi) is 6.90. The number of carbonyl (C=O) groups excluding carboxylic acids is 1. The highest BCUT2D eigenvalue weighted by molar-refractivity contribution is 7.89. The fraction of sp³-hybridized carbons (Fsp3) is 0.381. The van der Waals surface area contributed by atoms with Crippen LogP contribution in [0.2, 0.25) is 5.02 Å². The van der Waals surface area contributed by atoms with E-state index in [2.05, 4.69) is 10.9 Å². The van der Waals surface area contributed by atoms with E-state index in [1.54, 1.807) is 12.1 Å². The highest BCUT2D eigenvalue weighted by Crippen LogP contribution is 2.31. The van der Waals surface area contributed by atoms with Crippen LogP contribution in [-0.2, 0) is 10.0 Å². The molecule has 1 aliphatic heterocycles. The molecule has 0 aromatic heterocycles. The van der Waals surface area contributed by atoms with Gasteiger partial charge in [-0.3, -0.25) is 15.6 Å². The van der Waals surface area contributed by atoms with E-state index in [4.69, 9.17) is 16.3 Å². The van der Waals surface area contributed by atoms with Crippen LogP contribution in [0.1, 0.15) is 42.1 Å². The first-order valence-electron chi connectivity index (χ1n) is 9.76. The minimum absolute atomic E-state index is 0.00946. The molecular formula is C21H26ClN3O4S. The zero-order chi connectivity index (χ0) is 21.9. The smallest absolute Gasteiger partial charge is 0.269 e. The molecule has 30 heavy (non-hydrogen) atoms. The number of hydrazine groups is 1. The molecule has 1 heterocycles. The van der Waals surface area contributed by atoms with Crippen molar-refractivity contribution in [1.29, 1.82) is 0 Å². The summed E-state index contributed by atoms with van der Waals surface area (Å²) >= 11 is 6.10. The molecule has 3 rings (SSSR count). The maximum atomic E-state index is 13.3. The van der Waals surface area contributed by atoms with E-state index < -0.39 is 15.9 Å². The van der Waals surface area contributed by atoms with Crippen molar-refractivity contribution in [2.45, 2.75) is 44.0 Å². The summed E-state index contributed by atoms with van der Waals surface area (Å²) in [6.45, 7) is 4.24. The maximum absolute atomic E-state index is 13.3. The number of benzene rings is 2. The van der Waals surface area contributed by atoms with Crippen LogP contribution in [0.5, 0.6) is 5.75 Å². The summed E-state index contributed by atoms with van der Waals surface area (Å²) in [6, 6.07) is 9.58. The van der Waals surface area contributed by atoms with Gasteiger partial charge in [0.25, 0.3) is 5.91 Å². The van der Waals surface area contributed by atoms with Crippen molar-refractivity contribution < 1.29 is 17.9 Å². The lowest BCUT2D eigenvalue weighted by Crippen LogP contribution is -2.42. The number of methoxy groups -OCH3 is 1. The number of aryl methyl sites for hydroxylation is 1. The summed E-state index contributed by atoms with van der Waals surface area (Å²) in [6.07, 6.45) is 2.63. The Morgan fingerprint density at radius 2 is 1.97 bits per heavy atom. The highest BCUT2D eigenvalue weighted by Gasteiger charge is 2.33. The van der Waals surface area contributed by atoms with Crippen LogP contribution >= 0.6 is 11.6 Å². The third kappa shape index (κ3) is 4.71. The number of anilines is 1. The predicted molar refractivity (Wildman–Crippen MR) is 117 cm³/mol. The zero-order valence-corrected chi connectivity index (χ0v) is 18.8. The molecule has 1 amide bonds. The van der Waals surface area contributed by atoms with E-state index in [-0.39, 0.29) is 22.3 Å². The third-order valence-corrected chi connectivity index (χ3v) is 7.69. The molecule has 9 heteroatoms. The molecule has 0 radical (unpaired) electrons. The number of ether oxygens (including phenoxy) is 1. The second-order valence-corrected chi connectivity index (χ2v) is 9.64. The van der Waals surface area contributed by atoms with E-state index in [0.717, 1.165) is 24.8 Å². The monoisotopic (exact) mass is 451 g/mol. The van der Waals surface area contributed by atoms with E-state index in [9.17, 15) is 13.2 Å². The van der Waals surface area contributed by atoms with Gasteiger partial charge in [0.1, 0.15) is 10.6 Å². The van der Waals surface area contributed by atoms with Crippen molar-refractivity contribution in [2.75, 3.05) is 19.1 Å². The SMILES string of the molecule is COc1ccc(C(=O)NNc2ccc(C)c(Cl)c2)cc1S(=O)(=O)N1CCCCC1C. The van der Waals surface area contributed by atoms with Crippen molar-refractivity contribution in [2.24, 2.45) is 0 Å². The number of nitrogens with one attached hydrogen (secondary N) is 2. The molecule has 1 fully saturated rings. The molecule has 1 atom stereocenters. The lowest BCUT2D eigenvalue weighted by Gasteiger charge is -2.32. The summed E-state index contributed by atoms with van der Waals surface area (Å²) in [5.74, 6) is -0.264. The van der Waals surface area contributed by atoms with Crippen LogP contribution < -0.4 is 15.6 Å². The minimum Gasteiger partial charge on any atom is -0.495 e. The van der Waals surface area contributed by atoms with Gasteiger partial charge in [-0.15, -0.1) is 0 Å². The molecule has 2 N–H and O–H groups in total. The van der Waals surface area contributed by atoms with Crippen LogP contribution in [0.25, 0.3) is 0 Å². The van der Waals surface area contributed by atoms with E-state index in [1.807, 2.05) is 19.9 Å². The molecule has 1 aliphatic rings. The number of sulfonamides is 1. The molecule has 0 saturated carbocycles. The Morgan fingerprint density at radius 1 is 1.20 bits per heavy atom. The molecular weight excluding hydrogens is 426 g/mol. The average molecular weight is 452 g/mol. The largest absolute Gasteiger partial charge is 0.495 e. The summed E-state index contributed by atoms with van der Waals surface area (Å²) in [5, 5.41) is 0.572. The molecule has 2 aromatic rings. The summed E-state index contributed by atoms with van der Waals surface area (Å²) in [7, 11) is -2.38. The van der Waals surface area contributed by atoms with Gasteiger partial charge in [0.05, 0.1) is 12.8 Å². The normalized spacial score (nSPS) is 17.4. The first-order valence-corrected chi connectivity index (χ1v) is 11.6. The number of hydrogen-bond acceptors (Lipinski definition) is 5. The van der Waals surface area contributed by atoms with Crippen LogP contribution in [0.4, 0.5) is 5.69 Å². The van der Waals surface area contributed by atoms with E-state index in [0.29, 0.717) is 17.3 Å². The van der Waals surface area contributed by atoms with Gasteiger partial charge < -0.3 is 4.74 Å². The molecule has 0 spiro atoms. The van der Waals surface area contributed by atoms with Gasteiger partial charge in [-0.05, 0) is 62.6 Å². The summed E-state index contributed by atoms with van der Waals surface area (Å²) in [4.78, 5) is 12.6. The van der Waals surface area contributed by atoms with Crippen LogP contribution in [0, 0.1) is 6.92 Å². The molecule has 0 aliphatic carbocycles. The Labute approximate surface area is 182 Å². The quantitative estimate of drug-likeness (QED) is 0.648. The topological polar surface area (TPSA) is 87.7 Å². The van der Waals surface area contributed by atoms with Crippen molar-refractivity contribution in [3.63, 3.8) is 0 Å². The maximum Gasteiger partial charge on any atom is 0.269 e. The van der Waals surface area contributed by atoms with Crippen molar-refractivity contribution in [3.05, 3.63) is 52.5 Å². The Bertz CT molecular complexity index is 1040. The summed E-state index contributed by atoms with van der Waals surface area (Å²) in [5.41, 5.74) is 7.10. The molecule has 1 unspecified atom stereocenters. The highest BCUT2D eigenvalue weighted by atomic mass is 35.5. The number of piperidine rings is 1. The fourth-order valence-electron chi connectivity index (χ4n) is 3.45. The van der Waals surface area contributed by atoms with Gasteiger partial charge in [0.15, 0.2) is 0 Å². The van der Waals surface area contributed by atoms with Crippen LogP contribution in [0.3, 0.4) is 0 Å². The molecule has 1 saturated heterocycles. The molecule has 2 aromatic carbocycles. The van der Waals surface area contributed by atoms with Gasteiger partial charge >= 0.3 is 0 Å². The van der Waals surface area contributed by atoms with Gasteiger partial charge in [-0.25, -0.2) is 8.42 Å². The third-order valence-electron chi connectivity index (χ3n) is 5.25. The minimum atomic E-state index is -3.80. The Hall–Kier alpha value is -2.29. The molecule has 0 bridgehead atoms. The first-order chi connectivity index (χ1) is 14.2. The second-order valence-electron chi connectivity index (χ2n) is 7.37. The van der Waals surface area contributed by atoms with Crippen molar-refractivity contribution >= 4 is 33.2 Å². The summed E-state index contributed by atoms with van der Waals surface area (Å²) < 4.78 is 33.3. The van der Waals surface area contributed by atoms with E-state index >= 15 is 0 Å². The lowest BCUT2D eigenvalue weighted by atomic mass is 10.1. The number of halogens is 1. The van der Waals surface area contributed by atoms with Crippen molar-refractivity contribution in [1.82, 2.24) is 9.73 Å². The number of carbonyl (C=O) groups is 1. The first kappa shape index (κ1) is 22.4. The molecule has 7 nitrogen and oxygen atoms in total. The van der Waals surface area contributed by atoms with Crippen LogP contribution in [0.15, 0.2) is 41.3 Å². The van der Waals surface area contributed by atoms with Gasteiger partial charge in [-0.2, -0.15) is 4.31 Å². The van der Waals surface area contributed by atoms with Gasteiger partial charge in [0.2, 0.25) is 10.0 Å². The number of rotatable bonds is 6. The standard InChI is InChI=1S/C21H26ClN3O4S/c1-14-7-9-17(13-18(14)22)23-24-21(26)16-8-10-19(29-3)20(12-16)30(27,28)25-11-5-4-6-15(25)2/h7-10,12-13,15,23H,4-6,11H2,1-3H3,(H,24,26). The Balaban J connectivity index is 1.84. The van der Waals surface area contributed by atoms with Crippen molar-refractivity contribution in [3.8, 4) is 5.75 Å². The van der Waals surface area contributed by atoms with Gasteiger partial charge in [0, 0.05) is 23.2 Å². The number of amides is 1. The molecule has 162 valence electrons. The Morgan fingerprint density at radius 3 is 2.63 bits per heavy atom. The second kappa shape index (κ2) is 9.24.